The van der Waals surface area contributed by atoms with Crippen molar-refractivity contribution in [3.8, 4) is 11.5 Å². The minimum absolute atomic E-state index is 0.0452. The minimum atomic E-state index is -1.24. The van der Waals surface area contributed by atoms with Gasteiger partial charge in [0.05, 0.1) is 11.6 Å². The highest BCUT2D eigenvalue weighted by molar-refractivity contribution is 9.10. The molecule has 21 heavy (non-hydrogen) atoms. The van der Waals surface area contributed by atoms with Crippen molar-refractivity contribution in [2.24, 2.45) is 5.92 Å². The van der Waals surface area contributed by atoms with Gasteiger partial charge in [-0.25, -0.2) is 0 Å². The summed E-state index contributed by atoms with van der Waals surface area (Å²) in [5, 5.41) is 9.75. The summed E-state index contributed by atoms with van der Waals surface area (Å²) in [6.45, 7) is 3.00. The predicted octanol–water partition coefficient (Wildman–Crippen LogP) is 2.16. The summed E-state index contributed by atoms with van der Waals surface area (Å²) in [6, 6.07) is 3.17. The van der Waals surface area contributed by atoms with E-state index in [1.54, 1.807) is 12.1 Å². The molecule has 0 spiro atoms. The first-order chi connectivity index (χ1) is 9.73. The smallest absolute Gasteiger partial charge is 0.323 e. The van der Waals surface area contributed by atoms with Gasteiger partial charge in [-0.05, 0) is 40.0 Å². The first-order valence-electron chi connectivity index (χ1n) is 6.24. The van der Waals surface area contributed by atoms with Gasteiger partial charge in [-0.15, -0.1) is 0 Å². The lowest BCUT2D eigenvalue weighted by molar-refractivity contribution is -0.239. The molecule has 0 aliphatic carbocycles. The van der Waals surface area contributed by atoms with E-state index < -0.39 is 23.6 Å². The molecule has 1 saturated heterocycles. The number of hydrogen-bond acceptors (Lipinski definition) is 6. The third-order valence-corrected chi connectivity index (χ3v) is 3.61. The van der Waals surface area contributed by atoms with Crippen molar-refractivity contribution < 1.29 is 28.9 Å². The van der Waals surface area contributed by atoms with Crippen LogP contribution in [0.15, 0.2) is 16.6 Å². The van der Waals surface area contributed by atoms with Gasteiger partial charge in [0.25, 0.3) is 5.79 Å². The molecule has 1 aromatic rings. The van der Waals surface area contributed by atoms with E-state index >= 15 is 0 Å². The Kier molecular flexibility index (Phi) is 4.13. The van der Waals surface area contributed by atoms with Crippen LogP contribution in [0.5, 0.6) is 11.5 Å². The molecular weight excluding hydrogens is 344 g/mol. The highest BCUT2D eigenvalue weighted by Gasteiger charge is 2.43. The Hall–Kier alpha value is -1.76. The van der Waals surface area contributed by atoms with Gasteiger partial charge >= 0.3 is 11.9 Å². The first kappa shape index (κ1) is 15.6. The van der Waals surface area contributed by atoms with Crippen molar-refractivity contribution in [3.05, 3.63) is 22.2 Å². The second-order valence-electron chi connectivity index (χ2n) is 5.13. The van der Waals surface area contributed by atoms with E-state index in [0.29, 0.717) is 10.0 Å². The average molecular weight is 359 g/mol. The van der Waals surface area contributed by atoms with Crippen LogP contribution in [0, 0.1) is 5.92 Å². The third kappa shape index (κ3) is 3.29. The van der Waals surface area contributed by atoms with Gasteiger partial charge in [0.1, 0.15) is 0 Å². The van der Waals surface area contributed by atoms with Gasteiger partial charge in [0, 0.05) is 13.8 Å². The van der Waals surface area contributed by atoms with Crippen LogP contribution in [0.2, 0.25) is 0 Å². The Morgan fingerprint density at radius 3 is 2.38 bits per heavy atom. The lowest BCUT2D eigenvalue weighted by Gasteiger charge is -2.32. The number of hydrogen-bond donors (Lipinski definition) is 1. The standard InChI is InChI=1S/C14H15BrO6/c1-14(2)20-12(17)8(13(18)21-14)4-7-5-9(15)11(16)10(6-7)19-3/h5-6,8,16H,4H2,1-3H3. The second kappa shape index (κ2) is 5.55. The molecule has 0 saturated carbocycles. The molecule has 114 valence electrons. The Bertz CT molecular complexity index is 575. The summed E-state index contributed by atoms with van der Waals surface area (Å²) in [5.41, 5.74) is 0.634. The Morgan fingerprint density at radius 1 is 1.29 bits per heavy atom. The van der Waals surface area contributed by atoms with Crippen LogP contribution < -0.4 is 4.74 Å². The molecular formula is C14H15BrO6. The Morgan fingerprint density at radius 2 is 1.86 bits per heavy atom. The molecule has 0 radical (unpaired) electrons. The first-order valence-corrected chi connectivity index (χ1v) is 7.04. The van der Waals surface area contributed by atoms with E-state index in [-0.39, 0.29) is 17.9 Å². The SMILES string of the molecule is COc1cc(CC2C(=O)OC(C)(C)OC2=O)cc(Br)c1O. The van der Waals surface area contributed by atoms with Gasteiger partial charge in [-0.1, -0.05) is 0 Å². The van der Waals surface area contributed by atoms with Crippen LogP contribution in [-0.2, 0) is 25.5 Å². The summed E-state index contributed by atoms with van der Waals surface area (Å²) in [7, 11) is 1.41. The van der Waals surface area contributed by atoms with Crippen molar-refractivity contribution in [3.63, 3.8) is 0 Å². The largest absolute Gasteiger partial charge is 0.503 e. The van der Waals surface area contributed by atoms with E-state index in [2.05, 4.69) is 15.9 Å². The topological polar surface area (TPSA) is 82.1 Å². The lowest BCUT2D eigenvalue weighted by atomic mass is 9.98. The molecule has 1 N–H and O–H groups in total. The molecule has 1 aliphatic rings. The number of carbonyl (C=O) groups is 2. The highest BCUT2D eigenvalue weighted by atomic mass is 79.9. The fraction of sp³-hybridized carbons (Fsp3) is 0.429. The Labute approximate surface area is 130 Å². The zero-order valence-electron chi connectivity index (χ0n) is 11.8. The number of rotatable bonds is 3. The number of carbonyl (C=O) groups excluding carboxylic acids is 2. The molecule has 1 fully saturated rings. The van der Waals surface area contributed by atoms with Crippen molar-refractivity contribution in [1.82, 2.24) is 0 Å². The van der Waals surface area contributed by atoms with Crippen molar-refractivity contribution in [2.75, 3.05) is 7.11 Å². The molecule has 0 aromatic heterocycles. The maximum absolute atomic E-state index is 11.9. The fourth-order valence-corrected chi connectivity index (χ4v) is 2.54. The quantitative estimate of drug-likeness (QED) is 0.658. The van der Waals surface area contributed by atoms with Crippen LogP contribution in [0.3, 0.4) is 0 Å². The van der Waals surface area contributed by atoms with Crippen molar-refractivity contribution >= 4 is 27.9 Å². The summed E-state index contributed by atoms with van der Waals surface area (Å²) in [6.07, 6.45) is 0.100. The number of aromatic hydroxyl groups is 1. The van der Waals surface area contributed by atoms with Gasteiger partial charge in [0.2, 0.25) is 0 Å². The van der Waals surface area contributed by atoms with Crippen LogP contribution in [0.1, 0.15) is 19.4 Å². The van der Waals surface area contributed by atoms with E-state index in [0.717, 1.165) is 0 Å². The average Bonchev–Trinajstić information content (AvgIpc) is 2.36. The summed E-state index contributed by atoms with van der Waals surface area (Å²) < 4.78 is 15.6. The number of ether oxygens (including phenoxy) is 3. The summed E-state index contributed by atoms with van der Waals surface area (Å²) in [4.78, 5) is 23.8. The summed E-state index contributed by atoms with van der Waals surface area (Å²) >= 11 is 3.19. The van der Waals surface area contributed by atoms with Gasteiger partial charge in [-0.3, -0.25) is 9.59 Å². The number of methoxy groups -OCH3 is 1. The van der Waals surface area contributed by atoms with E-state index in [1.165, 1.54) is 21.0 Å². The summed E-state index contributed by atoms with van der Waals surface area (Å²) in [5.74, 6) is -3.32. The molecule has 1 aromatic carbocycles. The lowest BCUT2D eigenvalue weighted by Crippen LogP contribution is -2.46. The zero-order valence-corrected chi connectivity index (χ0v) is 13.4. The molecule has 6 nitrogen and oxygen atoms in total. The van der Waals surface area contributed by atoms with Crippen LogP contribution >= 0.6 is 15.9 Å². The van der Waals surface area contributed by atoms with Gasteiger partial charge < -0.3 is 19.3 Å². The molecule has 0 bridgehead atoms. The number of phenols is 1. The molecule has 0 atom stereocenters. The second-order valence-corrected chi connectivity index (χ2v) is 5.98. The molecule has 2 rings (SSSR count). The van der Waals surface area contributed by atoms with E-state index in [9.17, 15) is 14.7 Å². The number of halogens is 1. The normalized spacial score (nSPS) is 18.1. The van der Waals surface area contributed by atoms with Crippen LogP contribution in [-0.4, -0.2) is 29.9 Å². The third-order valence-electron chi connectivity index (χ3n) is 3.01. The monoisotopic (exact) mass is 358 g/mol. The molecule has 1 aliphatic heterocycles. The molecule has 0 amide bonds. The van der Waals surface area contributed by atoms with E-state index in [4.69, 9.17) is 14.2 Å². The van der Waals surface area contributed by atoms with Gasteiger partial charge in [-0.2, -0.15) is 0 Å². The maximum atomic E-state index is 11.9. The number of cyclic esters (lactones) is 2. The number of phenolic OH excluding ortho intramolecular Hbond substituents is 1. The minimum Gasteiger partial charge on any atom is -0.503 e. The van der Waals surface area contributed by atoms with E-state index in [1.807, 2.05) is 0 Å². The molecule has 7 heteroatoms. The van der Waals surface area contributed by atoms with Crippen LogP contribution in [0.4, 0.5) is 0 Å². The Balaban J connectivity index is 2.24. The highest BCUT2D eigenvalue weighted by Crippen LogP contribution is 2.36. The number of benzene rings is 1. The maximum Gasteiger partial charge on any atom is 0.323 e. The number of esters is 2. The van der Waals surface area contributed by atoms with Crippen LogP contribution in [0.25, 0.3) is 0 Å². The molecule has 0 unspecified atom stereocenters. The molecule has 1 heterocycles. The predicted molar refractivity (Wildman–Crippen MR) is 75.8 cm³/mol. The van der Waals surface area contributed by atoms with Gasteiger partial charge in [0.15, 0.2) is 17.4 Å². The zero-order chi connectivity index (χ0) is 15.8. The fourth-order valence-electron chi connectivity index (χ4n) is 2.05. The van der Waals surface area contributed by atoms with Crippen molar-refractivity contribution in [1.29, 1.82) is 0 Å². The van der Waals surface area contributed by atoms with Crippen molar-refractivity contribution in [2.45, 2.75) is 26.1 Å².